The maximum absolute atomic E-state index is 6.39. The molecule has 1 unspecified atom stereocenters. The lowest BCUT2D eigenvalue weighted by atomic mass is 10.1. The summed E-state index contributed by atoms with van der Waals surface area (Å²) < 4.78 is 4.05. The van der Waals surface area contributed by atoms with Crippen LogP contribution < -0.4 is 5.32 Å². The largest absolute Gasteiger partial charge is 0.348 e. The molecular formula is C15H23ClN4. The van der Waals surface area contributed by atoms with E-state index >= 15 is 0 Å². The zero-order chi connectivity index (χ0) is 14.7. The van der Waals surface area contributed by atoms with Crippen molar-refractivity contribution in [2.24, 2.45) is 7.05 Å². The highest BCUT2D eigenvalue weighted by atomic mass is 35.5. The van der Waals surface area contributed by atoms with Crippen LogP contribution in [0.2, 0.25) is 5.02 Å². The summed E-state index contributed by atoms with van der Waals surface area (Å²) >= 11 is 6.39. The molecule has 0 aliphatic carbocycles. The Kier molecular flexibility index (Phi) is 4.89. The van der Waals surface area contributed by atoms with Crippen LogP contribution in [0.4, 0.5) is 0 Å². The van der Waals surface area contributed by atoms with Gasteiger partial charge in [0.25, 0.3) is 0 Å². The SMILES string of the molecule is CCc1nn(C)c(Cn2ccc(C(CC)NC)c2)c1Cl. The molecule has 2 rings (SSSR count). The molecule has 0 aliphatic rings. The van der Waals surface area contributed by atoms with E-state index in [2.05, 4.69) is 47.3 Å². The third-order valence-corrected chi connectivity index (χ3v) is 4.20. The van der Waals surface area contributed by atoms with Gasteiger partial charge in [-0.2, -0.15) is 5.10 Å². The summed E-state index contributed by atoms with van der Waals surface area (Å²) in [7, 11) is 3.95. The van der Waals surface area contributed by atoms with Crippen molar-refractivity contribution in [1.82, 2.24) is 19.7 Å². The lowest BCUT2D eigenvalue weighted by Crippen LogP contribution is -2.14. The minimum Gasteiger partial charge on any atom is -0.348 e. The molecule has 0 fully saturated rings. The van der Waals surface area contributed by atoms with Gasteiger partial charge in [0, 0.05) is 25.5 Å². The van der Waals surface area contributed by atoms with E-state index in [1.165, 1.54) is 5.56 Å². The Balaban J connectivity index is 2.21. The lowest BCUT2D eigenvalue weighted by molar-refractivity contribution is 0.574. The molecule has 0 saturated carbocycles. The molecule has 2 heterocycles. The Morgan fingerprint density at radius 1 is 1.40 bits per heavy atom. The van der Waals surface area contributed by atoms with Gasteiger partial charge in [0.05, 0.1) is 23.0 Å². The van der Waals surface area contributed by atoms with Crippen LogP contribution in [0, 0.1) is 0 Å². The van der Waals surface area contributed by atoms with E-state index in [1.54, 1.807) is 0 Å². The van der Waals surface area contributed by atoms with Gasteiger partial charge in [-0.05, 0) is 31.5 Å². The van der Waals surface area contributed by atoms with Crippen molar-refractivity contribution in [2.75, 3.05) is 7.05 Å². The van der Waals surface area contributed by atoms with Crippen molar-refractivity contribution in [3.63, 3.8) is 0 Å². The average molecular weight is 295 g/mol. The zero-order valence-corrected chi connectivity index (χ0v) is 13.4. The Bertz CT molecular complexity index is 566. The summed E-state index contributed by atoms with van der Waals surface area (Å²) in [6, 6.07) is 2.57. The molecule has 0 radical (unpaired) electrons. The van der Waals surface area contributed by atoms with E-state index in [1.807, 2.05) is 18.8 Å². The summed E-state index contributed by atoms with van der Waals surface area (Å²) in [5.41, 5.74) is 3.34. The minimum atomic E-state index is 0.407. The molecule has 0 bridgehead atoms. The quantitative estimate of drug-likeness (QED) is 0.888. The van der Waals surface area contributed by atoms with Crippen LogP contribution in [0.15, 0.2) is 18.5 Å². The van der Waals surface area contributed by atoms with Crippen LogP contribution in [-0.2, 0) is 20.0 Å². The zero-order valence-electron chi connectivity index (χ0n) is 12.7. The summed E-state index contributed by atoms with van der Waals surface area (Å²) in [5, 5.41) is 8.58. The van der Waals surface area contributed by atoms with Crippen molar-refractivity contribution >= 4 is 11.6 Å². The fourth-order valence-electron chi connectivity index (χ4n) is 2.53. The van der Waals surface area contributed by atoms with Gasteiger partial charge in [-0.3, -0.25) is 4.68 Å². The fourth-order valence-corrected chi connectivity index (χ4v) is 2.89. The van der Waals surface area contributed by atoms with Crippen LogP contribution in [-0.4, -0.2) is 21.4 Å². The second kappa shape index (κ2) is 6.46. The molecule has 0 aliphatic heterocycles. The molecule has 0 amide bonds. The molecule has 0 spiro atoms. The predicted molar refractivity (Wildman–Crippen MR) is 83.2 cm³/mol. The molecular weight excluding hydrogens is 272 g/mol. The molecule has 2 aromatic heterocycles. The number of rotatable bonds is 6. The highest BCUT2D eigenvalue weighted by Gasteiger charge is 2.14. The Morgan fingerprint density at radius 2 is 2.15 bits per heavy atom. The van der Waals surface area contributed by atoms with Crippen molar-refractivity contribution in [1.29, 1.82) is 0 Å². The smallest absolute Gasteiger partial charge is 0.0868 e. The third-order valence-electron chi connectivity index (χ3n) is 3.77. The van der Waals surface area contributed by atoms with E-state index in [0.29, 0.717) is 6.04 Å². The predicted octanol–water partition coefficient (Wildman–Crippen LogP) is 3.16. The number of aryl methyl sites for hydroxylation is 2. The number of halogens is 1. The third kappa shape index (κ3) is 2.91. The van der Waals surface area contributed by atoms with E-state index in [4.69, 9.17) is 11.6 Å². The second-order valence-electron chi connectivity index (χ2n) is 5.05. The van der Waals surface area contributed by atoms with Gasteiger partial charge in [-0.1, -0.05) is 25.4 Å². The second-order valence-corrected chi connectivity index (χ2v) is 5.43. The molecule has 2 aromatic rings. The van der Waals surface area contributed by atoms with Crippen LogP contribution in [0.3, 0.4) is 0 Å². The molecule has 1 N–H and O–H groups in total. The standard InChI is InChI=1S/C15H23ClN4/c1-5-12(17-3)11-7-8-20(9-11)10-14-15(16)13(6-2)18-19(14)4/h7-9,12,17H,5-6,10H2,1-4H3. The number of nitrogens with zero attached hydrogens (tertiary/aromatic N) is 3. The maximum atomic E-state index is 6.39. The topological polar surface area (TPSA) is 34.8 Å². The van der Waals surface area contributed by atoms with Crippen LogP contribution in [0.5, 0.6) is 0 Å². The monoisotopic (exact) mass is 294 g/mol. The maximum Gasteiger partial charge on any atom is 0.0868 e. The highest BCUT2D eigenvalue weighted by molar-refractivity contribution is 6.31. The normalized spacial score (nSPS) is 12.8. The van der Waals surface area contributed by atoms with Gasteiger partial charge in [-0.25, -0.2) is 0 Å². The van der Waals surface area contributed by atoms with Gasteiger partial charge in [0.15, 0.2) is 0 Å². The average Bonchev–Trinajstić information content (AvgIpc) is 3.00. The van der Waals surface area contributed by atoms with Gasteiger partial charge >= 0.3 is 0 Å². The molecule has 5 heteroatoms. The first-order chi connectivity index (χ1) is 9.60. The molecule has 0 saturated heterocycles. The first kappa shape index (κ1) is 15.1. The molecule has 110 valence electrons. The molecule has 0 aromatic carbocycles. The summed E-state index contributed by atoms with van der Waals surface area (Å²) in [4.78, 5) is 0. The first-order valence-corrected chi connectivity index (χ1v) is 7.51. The number of hydrogen-bond donors (Lipinski definition) is 1. The lowest BCUT2D eigenvalue weighted by Gasteiger charge is -2.11. The first-order valence-electron chi connectivity index (χ1n) is 7.13. The van der Waals surface area contributed by atoms with Gasteiger partial charge in [0.1, 0.15) is 0 Å². The number of aromatic nitrogens is 3. The fraction of sp³-hybridized carbons (Fsp3) is 0.533. The summed E-state index contributed by atoms with van der Waals surface area (Å²) in [5.74, 6) is 0. The van der Waals surface area contributed by atoms with E-state index in [0.717, 1.165) is 35.8 Å². The van der Waals surface area contributed by atoms with Crippen molar-refractivity contribution in [3.8, 4) is 0 Å². The Hall–Kier alpha value is -1.26. The molecule has 20 heavy (non-hydrogen) atoms. The summed E-state index contributed by atoms with van der Waals surface area (Å²) in [6.07, 6.45) is 6.22. The van der Waals surface area contributed by atoms with Crippen molar-refractivity contribution in [2.45, 2.75) is 39.3 Å². The van der Waals surface area contributed by atoms with Crippen LogP contribution in [0.25, 0.3) is 0 Å². The van der Waals surface area contributed by atoms with Gasteiger partial charge < -0.3 is 9.88 Å². The van der Waals surface area contributed by atoms with Crippen LogP contribution >= 0.6 is 11.6 Å². The minimum absolute atomic E-state index is 0.407. The van der Waals surface area contributed by atoms with E-state index in [9.17, 15) is 0 Å². The number of nitrogens with one attached hydrogen (secondary N) is 1. The molecule has 1 atom stereocenters. The Labute approximate surface area is 125 Å². The highest BCUT2D eigenvalue weighted by Crippen LogP contribution is 2.23. The van der Waals surface area contributed by atoms with E-state index < -0.39 is 0 Å². The van der Waals surface area contributed by atoms with Crippen LogP contribution in [0.1, 0.15) is 43.3 Å². The van der Waals surface area contributed by atoms with Crippen molar-refractivity contribution < 1.29 is 0 Å². The molecule has 4 nitrogen and oxygen atoms in total. The van der Waals surface area contributed by atoms with Gasteiger partial charge in [0.2, 0.25) is 0 Å². The number of hydrogen-bond acceptors (Lipinski definition) is 2. The van der Waals surface area contributed by atoms with Crippen molar-refractivity contribution in [3.05, 3.63) is 40.4 Å². The van der Waals surface area contributed by atoms with Gasteiger partial charge in [-0.15, -0.1) is 0 Å². The summed E-state index contributed by atoms with van der Waals surface area (Å²) in [6.45, 7) is 5.01. The van der Waals surface area contributed by atoms with E-state index in [-0.39, 0.29) is 0 Å². The Morgan fingerprint density at radius 3 is 2.70 bits per heavy atom.